The smallest absolute Gasteiger partial charge is 0.244 e. The molecule has 0 unspecified atom stereocenters. The number of alkyl halides is 3. The van der Waals surface area contributed by atoms with Gasteiger partial charge in [-0.05, 0) is 21.5 Å². The fourth-order valence-corrected chi connectivity index (χ4v) is 2.55. The topological polar surface area (TPSA) is 12.9 Å². The Morgan fingerprint density at radius 1 is 1.54 bits per heavy atom. The van der Waals surface area contributed by atoms with E-state index in [9.17, 15) is 8.78 Å². The second-order valence-electron chi connectivity index (χ2n) is 2.24. The zero-order valence-electron chi connectivity index (χ0n) is 6.20. The van der Waals surface area contributed by atoms with Crippen molar-refractivity contribution < 1.29 is 8.78 Å². The van der Waals surface area contributed by atoms with E-state index in [1.165, 1.54) is 6.20 Å². The Morgan fingerprint density at radius 3 is 2.62 bits per heavy atom. The predicted octanol–water partition coefficient (Wildman–Crippen LogP) is 4.33. The molecular formula is C7H4Br2ClF2N. The van der Waals surface area contributed by atoms with E-state index in [0.29, 0.717) is 15.4 Å². The molecule has 1 rings (SSSR count). The lowest BCUT2D eigenvalue weighted by Gasteiger charge is -2.07. The van der Waals surface area contributed by atoms with Gasteiger partial charge in [0, 0.05) is 16.0 Å². The third-order valence-corrected chi connectivity index (χ3v) is 3.28. The van der Waals surface area contributed by atoms with Crippen molar-refractivity contribution in [1.82, 2.24) is 4.98 Å². The van der Waals surface area contributed by atoms with Gasteiger partial charge in [0.2, 0.25) is 0 Å². The summed E-state index contributed by atoms with van der Waals surface area (Å²) in [6.07, 6.45) is -1.17. The number of hydrogen-bond acceptors (Lipinski definition) is 1. The predicted molar refractivity (Wildman–Crippen MR) is 54.5 cm³/mol. The van der Waals surface area contributed by atoms with Crippen LogP contribution >= 0.6 is 43.5 Å². The fourth-order valence-electron chi connectivity index (χ4n) is 0.803. The molecule has 0 amide bonds. The lowest BCUT2D eigenvalue weighted by atomic mass is 10.2. The fraction of sp³-hybridized carbons (Fsp3) is 0.286. The molecule has 0 spiro atoms. The molecule has 1 heterocycles. The SMILES string of the molecule is FC(F)c1c(Cl)ncc(CBr)c1Br. The number of nitrogens with zero attached hydrogens (tertiary/aromatic N) is 1. The van der Waals surface area contributed by atoms with Crippen LogP contribution in [-0.4, -0.2) is 4.98 Å². The van der Waals surface area contributed by atoms with E-state index in [4.69, 9.17) is 11.6 Å². The minimum absolute atomic E-state index is 0.161. The van der Waals surface area contributed by atoms with E-state index >= 15 is 0 Å². The van der Waals surface area contributed by atoms with Crippen LogP contribution in [0.25, 0.3) is 0 Å². The molecule has 0 N–H and O–H groups in total. The first-order valence-corrected chi connectivity index (χ1v) is 5.54. The van der Waals surface area contributed by atoms with Gasteiger partial charge < -0.3 is 0 Å². The highest BCUT2D eigenvalue weighted by atomic mass is 79.9. The Bertz CT molecular complexity index is 320. The van der Waals surface area contributed by atoms with Crippen LogP contribution in [0.3, 0.4) is 0 Å². The first kappa shape index (κ1) is 11.3. The van der Waals surface area contributed by atoms with E-state index in [2.05, 4.69) is 36.8 Å². The molecule has 72 valence electrons. The van der Waals surface area contributed by atoms with Crippen molar-refractivity contribution in [2.24, 2.45) is 0 Å². The zero-order chi connectivity index (χ0) is 10.0. The van der Waals surface area contributed by atoms with Gasteiger partial charge in [0.05, 0.1) is 5.56 Å². The van der Waals surface area contributed by atoms with Crippen LogP contribution in [0.2, 0.25) is 5.15 Å². The lowest BCUT2D eigenvalue weighted by molar-refractivity contribution is 0.150. The molecule has 1 nitrogen and oxygen atoms in total. The van der Waals surface area contributed by atoms with Gasteiger partial charge in [-0.2, -0.15) is 0 Å². The summed E-state index contributed by atoms with van der Waals surface area (Å²) in [5.74, 6) is 0. The molecule has 0 aliphatic carbocycles. The third kappa shape index (κ3) is 2.39. The Balaban J connectivity index is 3.30. The highest BCUT2D eigenvalue weighted by Crippen LogP contribution is 2.35. The molecule has 0 aliphatic heterocycles. The van der Waals surface area contributed by atoms with Crippen LogP contribution in [0.5, 0.6) is 0 Å². The van der Waals surface area contributed by atoms with E-state index in [1.807, 2.05) is 0 Å². The van der Waals surface area contributed by atoms with Crippen molar-refractivity contribution in [3.8, 4) is 0 Å². The van der Waals surface area contributed by atoms with Crippen LogP contribution in [-0.2, 0) is 5.33 Å². The minimum Gasteiger partial charge on any atom is -0.244 e. The van der Waals surface area contributed by atoms with Crippen molar-refractivity contribution in [3.63, 3.8) is 0 Å². The Morgan fingerprint density at radius 2 is 2.15 bits per heavy atom. The Hall–Kier alpha value is 0.260. The largest absolute Gasteiger partial charge is 0.267 e. The quantitative estimate of drug-likeness (QED) is 0.579. The average molecular weight is 335 g/mol. The molecule has 0 radical (unpaired) electrons. The zero-order valence-corrected chi connectivity index (χ0v) is 10.1. The summed E-state index contributed by atoms with van der Waals surface area (Å²) in [6.45, 7) is 0. The summed E-state index contributed by atoms with van der Waals surface area (Å²) in [5, 5.41) is 0.295. The lowest BCUT2D eigenvalue weighted by Crippen LogP contribution is -1.95. The normalized spacial score (nSPS) is 10.9. The number of aromatic nitrogens is 1. The Kier molecular flexibility index (Phi) is 4.06. The maximum atomic E-state index is 12.4. The Labute approximate surface area is 95.8 Å². The summed E-state index contributed by atoms with van der Waals surface area (Å²) in [7, 11) is 0. The maximum absolute atomic E-state index is 12.4. The van der Waals surface area contributed by atoms with Gasteiger partial charge in [-0.3, -0.25) is 0 Å². The summed E-state index contributed by atoms with van der Waals surface area (Å²) in [4.78, 5) is 3.66. The molecule has 13 heavy (non-hydrogen) atoms. The van der Waals surface area contributed by atoms with Gasteiger partial charge >= 0.3 is 0 Å². The van der Waals surface area contributed by atoms with Crippen molar-refractivity contribution in [2.75, 3.05) is 0 Å². The first-order chi connectivity index (χ1) is 6.07. The van der Waals surface area contributed by atoms with Crippen LogP contribution < -0.4 is 0 Å². The van der Waals surface area contributed by atoms with Crippen LogP contribution in [0.1, 0.15) is 17.6 Å². The number of hydrogen-bond donors (Lipinski definition) is 0. The van der Waals surface area contributed by atoms with Crippen LogP contribution in [0.15, 0.2) is 10.7 Å². The molecule has 0 bridgehead atoms. The number of pyridine rings is 1. The van der Waals surface area contributed by atoms with Crippen molar-refractivity contribution in [1.29, 1.82) is 0 Å². The second-order valence-corrected chi connectivity index (χ2v) is 3.95. The van der Waals surface area contributed by atoms with Gasteiger partial charge in [-0.15, -0.1) is 0 Å². The molecule has 0 aliphatic rings. The van der Waals surface area contributed by atoms with E-state index in [0.717, 1.165) is 0 Å². The van der Waals surface area contributed by atoms with E-state index in [-0.39, 0.29) is 10.7 Å². The van der Waals surface area contributed by atoms with Gasteiger partial charge in [0.15, 0.2) is 0 Å². The molecule has 1 aromatic heterocycles. The molecule has 0 fully saturated rings. The standard InChI is InChI=1S/C7H4Br2ClF2N/c8-1-3-2-13-6(10)4(5(3)9)7(11)12/h2,7H,1H2. The molecular weight excluding hydrogens is 331 g/mol. The van der Waals surface area contributed by atoms with Gasteiger partial charge in [0.25, 0.3) is 6.43 Å². The first-order valence-electron chi connectivity index (χ1n) is 3.24. The van der Waals surface area contributed by atoms with Crippen molar-refractivity contribution >= 4 is 43.5 Å². The summed E-state index contributed by atoms with van der Waals surface area (Å²) < 4.78 is 25.2. The third-order valence-electron chi connectivity index (χ3n) is 1.44. The highest BCUT2D eigenvalue weighted by Gasteiger charge is 2.19. The summed E-state index contributed by atoms with van der Waals surface area (Å²) >= 11 is 11.7. The van der Waals surface area contributed by atoms with E-state index < -0.39 is 6.43 Å². The number of rotatable bonds is 2. The second kappa shape index (κ2) is 4.66. The van der Waals surface area contributed by atoms with Crippen molar-refractivity contribution in [2.45, 2.75) is 11.8 Å². The van der Waals surface area contributed by atoms with Crippen LogP contribution in [0, 0.1) is 0 Å². The van der Waals surface area contributed by atoms with Gasteiger partial charge in [-0.1, -0.05) is 27.5 Å². The summed E-state index contributed by atoms with van der Waals surface area (Å²) in [5.41, 5.74) is 0.401. The maximum Gasteiger partial charge on any atom is 0.267 e. The van der Waals surface area contributed by atoms with Crippen molar-refractivity contribution in [3.05, 3.63) is 26.9 Å². The average Bonchev–Trinajstić information content (AvgIpc) is 2.04. The van der Waals surface area contributed by atoms with Gasteiger partial charge in [-0.25, -0.2) is 13.8 Å². The number of halogens is 5. The van der Waals surface area contributed by atoms with E-state index in [1.54, 1.807) is 0 Å². The summed E-state index contributed by atoms with van der Waals surface area (Å²) in [6, 6.07) is 0. The highest BCUT2D eigenvalue weighted by molar-refractivity contribution is 9.10. The molecule has 0 saturated heterocycles. The molecule has 0 aromatic carbocycles. The monoisotopic (exact) mass is 333 g/mol. The molecule has 0 saturated carbocycles. The minimum atomic E-state index is -2.62. The van der Waals surface area contributed by atoms with Crippen LogP contribution in [0.4, 0.5) is 8.78 Å². The molecule has 6 heteroatoms. The molecule has 1 aromatic rings. The van der Waals surface area contributed by atoms with Gasteiger partial charge in [0.1, 0.15) is 5.15 Å². The molecule has 0 atom stereocenters.